The molecule has 0 bridgehead atoms. The summed E-state index contributed by atoms with van der Waals surface area (Å²) in [5.74, 6) is 0.440. The van der Waals surface area contributed by atoms with Crippen molar-refractivity contribution in [2.75, 3.05) is 5.73 Å². The molecule has 0 fully saturated rings. The second kappa shape index (κ2) is 4.03. The van der Waals surface area contributed by atoms with E-state index in [2.05, 4.69) is 18.8 Å². The Morgan fingerprint density at radius 3 is 2.40 bits per heavy atom. The first-order valence-corrected chi connectivity index (χ1v) is 5.81. The summed E-state index contributed by atoms with van der Waals surface area (Å²) in [5.41, 5.74) is 7.98. The zero-order chi connectivity index (χ0) is 10.8. The molecular formula is C12H14N2S. The summed E-state index contributed by atoms with van der Waals surface area (Å²) in [7, 11) is 0. The van der Waals surface area contributed by atoms with Crippen LogP contribution < -0.4 is 5.73 Å². The highest BCUT2D eigenvalue weighted by atomic mass is 32.1. The van der Waals surface area contributed by atoms with Crippen LogP contribution in [-0.2, 0) is 0 Å². The van der Waals surface area contributed by atoms with E-state index >= 15 is 0 Å². The van der Waals surface area contributed by atoms with Gasteiger partial charge in [-0.25, -0.2) is 4.98 Å². The van der Waals surface area contributed by atoms with Gasteiger partial charge >= 0.3 is 0 Å². The molecule has 0 spiro atoms. The van der Waals surface area contributed by atoms with Gasteiger partial charge in [0.05, 0.1) is 5.01 Å². The topological polar surface area (TPSA) is 38.9 Å². The maximum absolute atomic E-state index is 5.97. The van der Waals surface area contributed by atoms with Crippen LogP contribution in [0.25, 0.3) is 11.3 Å². The maximum Gasteiger partial charge on any atom is 0.114 e. The van der Waals surface area contributed by atoms with Crippen LogP contribution in [0.3, 0.4) is 0 Å². The lowest BCUT2D eigenvalue weighted by molar-refractivity contribution is 0.854. The van der Waals surface area contributed by atoms with Crippen LogP contribution in [0.2, 0.25) is 0 Å². The Bertz CT molecular complexity index is 446. The van der Waals surface area contributed by atoms with Gasteiger partial charge in [-0.3, -0.25) is 0 Å². The monoisotopic (exact) mass is 218 g/mol. The Labute approximate surface area is 93.8 Å². The Kier molecular flexibility index (Phi) is 2.73. The molecule has 1 heterocycles. The lowest BCUT2D eigenvalue weighted by Gasteiger charge is -1.97. The van der Waals surface area contributed by atoms with Gasteiger partial charge in [0.1, 0.15) is 10.7 Å². The fourth-order valence-electron chi connectivity index (χ4n) is 1.40. The molecule has 78 valence electrons. The Balaban J connectivity index is 2.45. The second-order valence-electron chi connectivity index (χ2n) is 3.79. The molecule has 3 heteroatoms. The summed E-state index contributed by atoms with van der Waals surface area (Å²) in [6.07, 6.45) is 0. The fraction of sp³-hybridized carbons (Fsp3) is 0.250. The van der Waals surface area contributed by atoms with Crippen molar-refractivity contribution in [3.05, 3.63) is 35.3 Å². The average Bonchev–Trinajstić information content (AvgIpc) is 2.62. The normalized spacial score (nSPS) is 10.9. The number of nitrogens with two attached hydrogens (primary N) is 1. The molecule has 15 heavy (non-hydrogen) atoms. The van der Waals surface area contributed by atoms with E-state index in [0.717, 1.165) is 21.3 Å². The van der Waals surface area contributed by atoms with Crippen molar-refractivity contribution in [3.8, 4) is 11.3 Å². The largest absolute Gasteiger partial charge is 0.389 e. The first-order valence-electron chi connectivity index (χ1n) is 5.00. The molecule has 0 saturated carbocycles. The summed E-state index contributed by atoms with van der Waals surface area (Å²) in [5, 5.41) is 1.91. The molecule has 0 aliphatic rings. The van der Waals surface area contributed by atoms with Gasteiger partial charge in [-0.15, -0.1) is 11.3 Å². The van der Waals surface area contributed by atoms with Crippen molar-refractivity contribution in [3.63, 3.8) is 0 Å². The van der Waals surface area contributed by atoms with E-state index in [1.807, 2.05) is 30.3 Å². The van der Waals surface area contributed by atoms with Crippen LogP contribution in [0.4, 0.5) is 5.00 Å². The number of nitrogens with zero attached hydrogens (tertiary/aromatic N) is 1. The van der Waals surface area contributed by atoms with Crippen molar-refractivity contribution in [1.29, 1.82) is 0 Å². The van der Waals surface area contributed by atoms with Gasteiger partial charge in [0.15, 0.2) is 0 Å². The van der Waals surface area contributed by atoms with E-state index in [-0.39, 0.29) is 0 Å². The highest BCUT2D eigenvalue weighted by Gasteiger charge is 2.12. The molecule has 2 rings (SSSR count). The molecule has 0 aliphatic carbocycles. The molecule has 0 saturated heterocycles. The summed E-state index contributed by atoms with van der Waals surface area (Å²) in [6, 6.07) is 10.1. The van der Waals surface area contributed by atoms with E-state index in [0.29, 0.717) is 5.92 Å². The van der Waals surface area contributed by atoms with Gasteiger partial charge in [0.2, 0.25) is 0 Å². The molecule has 2 aromatic rings. The van der Waals surface area contributed by atoms with Crippen molar-refractivity contribution in [2.45, 2.75) is 19.8 Å². The fourth-order valence-corrected chi connectivity index (χ4v) is 2.26. The quantitative estimate of drug-likeness (QED) is 0.837. The number of thiazole rings is 1. The number of hydrogen-bond donors (Lipinski definition) is 1. The van der Waals surface area contributed by atoms with Crippen molar-refractivity contribution in [2.24, 2.45) is 0 Å². The lowest BCUT2D eigenvalue weighted by Crippen LogP contribution is -1.87. The van der Waals surface area contributed by atoms with Crippen molar-refractivity contribution in [1.82, 2.24) is 4.98 Å². The Hall–Kier alpha value is -1.35. The molecule has 0 unspecified atom stereocenters. The number of benzene rings is 1. The van der Waals surface area contributed by atoms with E-state index in [1.54, 1.807) is 11.3 Å². The predicted molar refractivity (Wildman–Crippen MR) is 66.1 cm³/mol. The highest BCUT2D eigenvalue weighted by molar-refractivity contribution is 7.16. The van der Waals surface area contributed by atoms with E-state index in [9.17, 15) is 0 Å². The van der Waals surface area contributed by atoms with Gasteiger partial charge in [-0.05, 0) is 0 Å². The number of aromatic nitrogens is 1. The summed E-state index contributed by atoms with van der Waals surface area (Å²) in [6.45, 7) is 4.26. The highest BCUT2D eigenvalue weighted by Crippen LogP contribution is 2.33. The van der Waals surface area contributed by atoms with Crippen LogP contribution >= 0.6 is 11.3 Å². The number of rotatable bonds is 2. The SMILES string of the molecule is CC(C)c1nc(-c2ccccc2)c(N)s1. The number of nitrogen functional groups attached to an aromatic ring is 1. The minimum absolute atomic E-state index is 0.440. The second-order valence-corrected chi connectivity index (χ2v) is 4.85. The number of hydrogen-bond acceptors (Lipinski definition) is 3. The van der Waals surface area contributed by atoms with Crippen LogP contribution in [0, 0.1) is 0 Å². The third kappa shape index (κ3) is 2.02. The van der Waals surface area contributed by atoms with Gasteiger partial charge in [0, 0.05) is 11.5 Å². The first-order chi connectivity index (χ1) is 7.18. The van der Waals surface area contributed by atoms with Crippen LogP contribution in [0.5, 0.6) is 0 Å². The molecule has 2 N–H and O–H groups in total. The van der Waals surface area contributed by atoms with Crippen LogP contribution in [-0.4, -0.2) is 4.98 Å². The van der Waals surface area contributed by atoms with Crippen LogP contribution in [0.1, 0.15) is 24.8 Å². The molecule has 2 nitrogen and oxygen atoms in total. The molecule has 0 aliphatic heterocycles. The summed E-state index contributed by atoms with van der Waals surface area (Å²) < 4.78 is 0. The Morgan fingerprint density at radius 1 is 1.20 bits per heavy atom. The molecule has 1 aromatic carbocycles. The van der Waals surface area contributed by atoms with Gasteiger partial charge < -0.3 is 5.73 Å². The van der Waals surface area contributed by atoms with E-state index < -0.39 is 0 Å². The lowest BCUT2D eigenvalue weighted by atomic mass is 10.1. The van der Waals surface area contributed by atoms with Gasteiger partial charge in [-0.1, -0.05) is 44.2 Å². The molecule has 0 radical (unpaired) electrons. The average molecular weight is 218 g/mol. The minimum atomic E-state index is 0.440. The smallest absolute Gasteiger partial charge is 0.114 e. The van der Waals surface area contributed by atoms with Crippen LogP contribution in [0.15, 0.2) is 30.3 Å². The summed E-state index contributed by atoms with van der Waals surface area (Å²) in [4.78, 5) is 4.57. The zero-order valence-corrected chi connectivity index (χ0v) is 9.71. The van der Waals surface area contributed by atoms with Crippen molar-refractivity contribution < 1.29 is 0 Å². The minimum Gasteiger partial charge on any atom is -0.389 e. The van der Waals surface area contributed by atoms with Gasteiger partial charge in [-0.2, -0.15) is 0 Å². The molecule has 1 aromatic heterocycles. The molecular weight excluding hydrogens is 204 g/mol. The Morgan fingerprint density at radius 2 is 1.87 bits per heavy atom. The van der Waals surface area contributed by atoms with E-state index in [1.165, 1.54) is 0 Å². The summed E-state index contributed by atoms with van der Waals surface area (Å²) >= 11 is 1.58. The zero-order valence-electron chi connectivity index (χ0n) is 8.90. The predicted octanol–water partition coefficient (Wildman–Crippen LogP) is 3.52. The third-order valence-electron chi connectivity index (χ3n) is 2.21. The first kappa shape index (κ1) is 10.2. The standard InChI is InChI=1S/C12H14N2S/c1-8(2)12-14-10(11(13)15-12)9-6-4-3-5-7-9/h3-8H,13H2,1-2H3. The number of anilines is 1. The maximum atomic E-state index is 5.97. The molecule has 0 atom stereocenters. The molecule has 0 amide bonds. The third-order valence-corrected chi connectivity index (χ3v) is 3.40. The van der Waals surface area contributed by atoms with Gasteiger partial charge in [0.25, 0.3) is 0 Å². The van der Waals surface area contributed by atoms with E-state index in [4.69, 9.17) is 5.73 Å². The van der Waals surface area contributed by atoms with Crippen molar-refractivity contribution >= 4 is 16.3 Å².